The first kappa shape index (κ1) is 20.2. The minimum Gasteiger partial charge on any atom is -0.483 e. The molecule has 150 valence electrons. The van der Waals surface area contributed by atoms with Gasteiger partial charge in [0.05, 0.1) is 6.04 Å². The molecule has 1 amide bonds. The molecule has 0 aromatic heterocycles. The molecule has 1 fully saturated rings. The van der Waals surface area contributed by atoms with Crippen LogP contribution in [0.1, 0.15) is 49.4 Å². The fourth-order valence-corrected chi connectivity index (χ4v) is 3.77. The second-order valence-corrected chi connectivity index (χ2v) is 8.13. The minimum absolute atomic E-state index is 0.0262. The maximum absolute atomic E-state index is 12.3. The van der Waals surface area contributed by atoms with Crippen molar-refractivity contribution in [2.45, 2.75) is 46.6 Å². The molecule has 2 aromatic carbocycles. The molecular weight excluding hydrogens is 348 g/mol. The van der Waals surface area contributed by atoms with E-state index in [2.05, 4.69) is 41.4 Å². The number of nitrogens with one attached hydrogen (secondary N) is 1. The van der Waals surface area contributed by atoms with Gasteiger partial charge in [-0.25, -0.2) is 0 Å². The summed E-state index contributed by atoms with van der Waals surface area (Å²) in [6, 6.07) is 14.5. The highest BCUT2D eigenvalue weighted by atomic mass is 16.5. The Bertz CT molecular complexity index is 801. The number of benzene rings is 2. The van der Waals surface area contributed by atoms with Gasteiger partial charge in [-0.05, 0) is 74.4 Å². The summed E-state index contributed by atoms with van der Waals surface area (Å²) in [6.45, 7) is 10.6. The normalized spacial score (nSPS) is 17.9. The highest BCUT2D eigenvalue weighted by Gasteiger charge is 2.17. The molecule has 1 aliphatic heterocycles. The number of carbonyl (C=O) groups excluding carboxylic acids is 1. The predicted molar refractivity (Wildman–Crippen MR) is 115 cm³/mol. The van der Waals surface area contributed by atoms with Crippen molar-refractivity contribution in [2.75, 3.05) is 24.6 Å². The van der Waals surface area contributed by atoms with Gasteiger partial charge < -0.3 is 15.0 Å². The molecule has 1 saturated heterocycles. The van der Waals surface area contributed by atoms with Crippen molar-refractivity contribution >= 4 is 11.6 Å². The van der Waals surface area contributed by atoms with Gasteiger partial charge >= 0.3 is 0 Å². The van der Waals surface area contributed by atoms with Gasteiger partial charge in [0.15, 0.2) is 6.61 Å². The quantitative estimate of drug-likeness (QED) is 0.783. The lowest BCUT2D eigenvalue weighted by atomic mass is 9.99. The smallest absolute Gasteiger partial charge is 0.258 e. The number of nitrogens with zero attached hydrogens (tertiary/aromatic N) is 1. The van der Waals surface area contributed by atoms with E-state index in [0.29, 0.717) is 0 Å². The molecule has 4 heteroatoms. The summed E-state index contributed by atoms with van der Waals surface area (Å²) in [7, 11) is 0. The number of ether oxygens (including phenoxy) is 1. The number of hydrogen-bond donors (Lipinski definition) is 1. The number of hydrogen-bond acceptors (Lipinski definition) is 3. The Balaban J connectivity index is 1.53. The van der Waals surface area contributed by atoms with E-state index >= 15 is 0 Å². The molecule has 4 nitrogen and oxygen atoms in total. The van der Waals surface area contributed by atoms with E-state index in [1.165, 1.54) is 18.5 Å². The van der Waals surface area contributed by atoms with Gasteiger partial charge in [-0.1, -0.05) is 31.2 Å². The lowest BCUT2D eigenvalue weighted by Crippen LogP contribution is -2.34. The zero-order valence-electron chi connectivity index (χ0n) is 17.5. The molecule has 1 aliphatic rings. The van der Waals surface area contributed by atoms with Crippen LogP contribution < -0.4 is 15.0 Å². The molecule has 2 atom stereocenters. The first-order chi connectivity index (χ1) is 13.4. The Morgan fingerprint density at radius 1 is 1.21 bits per heavy atom. The van der Waals surface area contributed by atoms with Crippen LogP contribution >= 0.6 is 0 Å². The number of aryl methyl sites for hydroxylation is 2. The van der Waals surface area contributed by atoms with Gasteiger partial charge in [0.1, 0.15) is 5.75 Å². The maximum atomic E-state index is 12.3. The molecule has 0 unspecified atom stereocenters. The van der Waals surface area contributed by atoms with Crippen molar-refractivity contribution in [3.05, 3.63) is 59.2 Å². The van der Waals surface area contributed by atoms with Crippen LogP contribution in [0.2, 0.25) is 0 Å². The molecule has 0 aliphatic carbocycles. The molecule has 0 spiro atoms. The zero-order chi connectivity index (χ0) is 20.1. The minimum atomic E-state index is -0.109. The summed E-state index contributed by atoms with van der Waals surface area (Å²) in [5.41, 5.74) is 4.53. The second-order valence-electron chi connectivity index (χ2n) is 8.13. The van der Waals surface area contributed by atoms with Crippen LogP contribution in [0.4, 0.5) is 5.69 Å². The monoisotopic (exact) mass is 380 g/mol. The molecule has 1 heterocycles. The first-order valence-electron chi connectivity index (χ1n) is 10.3. The number of amides is 1. The topological polar surface area (TPSA) is 41.6 Å². The molecule has 0 bridgehead atoms. The van der Waals surface area contributed by atoms with E-state index in [1.54, 1.807) is 0 Å². The standard InChI is InChI=1S/C24H32N2O2/c1-17-7-8-19(3)23(14-17)28-16-24(27)25-20(4)21-9-11-22(12-10-21)26-13-5-6-18(2)15-26/h7-12,14,18,20H,5-6,13,15-16H2,1-4H3,(H,25,27)/t18-,20+/m0/s1. The Morgan fingerprint density at radius 3 is 2.68 bits per heavy atom. The Labute approximate surface area is 168 Å². The van der Waals surface area contributed by atoms with Gasteiger partial charge in [0, 0.05) is 18.8 Å². The van der Waals surface area contributed by atoms with Gasteiger partial charge in [-0.3, -0.25) is 4.79 Å². The second kappa shape index (κ2) is 9.13. The number of rotatable bonds is 6. The Kier molecular flexibility index (Phi) is 6.61. The van der Waals surface area contributed by atoms with Gasteiger partial charge in [0.25, 0.3) is 5.91 Å². The number of piperidine rings is 1. The SMILES string of the molecule is Cc1ccc(C)c(OCC(=O)N[C@H](C)c2ccc(N3CCC[C@H](C)C3)cc2)c1. The fourth-order valence-electron chi connectivity index (χ4n) is 3.77. The van der Waals surface area contributed by atoms with Crippen molar-refractivity contribution in [3.63, 3.8) is 0 Å². The maximum Gasteiger partial charge on any atom is 0.258 e. The van der Waals surface area contributed by atoms with Crippen LogP contribution in [-0.4, -0.2) is 25.6 Å². The van der Waals surface area contributed by atoms with Crippen LogP contribution in [0.5, 0.6) is 5.75 Å². The van der Waals surface area contributed by atoms with Crippen LogP contribution in [0.3, 0.4) is 0 Å². The van der Waals surface area contributed by atoms with E-state index in [-0.39, 0.29) is 18.6 Å². The summed E-state index contributed by atoms with van der Waals surface area (Å²) in [5, 5.41) is 3.03. The van der Waals surface area contributed by atoms with Crippen molar-refractivity contribution in [3.8, 4) is 5.75 Å². The summed E-state index contributed by atoms with van der Waals surface area (Å²) in [6.07, 6.45) is 2.58. The number of anilines is 1. The van der Waals surface area contributed by atoms with Crippen molar-refractivity contribution in [1.82, 2.24) is 5.32 Å². The van der Waals surface area contributed by atoms with Crippen LogP contribution in [0.25, 0.3) is 0 Å². The highest BCUT2D eigenvalue weighted by molar-refractivity contribution is 5.78. The molecule has 2 aromatic rings. The first-order valence-corrected chi connectivity index (χ1v) is 10.3. The Hall–Kier alpha value is -2.49. The van der Waals surface area contributed by atoms with Gasteiger partial charge in [0.2, 0.25) is 0 Å². The molecule has 0 saturated carbocycles. The molecule has 1 N–H and O–H groups in total. The third-order valence-corrected chi connectivity index (χ3v) is 5.50. The average molecular weight is 381 g/mol. The molecular formula is C24H32N2O2. The van der Waals surface area contributed by atoms with Crippen molar-refractivity contribution < 1.29 is 9.53 Å². The van der Waals surface area contributed by atoms with E-state index in [1.807, 2.05) is 39.0 Å². The average Bonchev–Trinajstić information content (AvgIpc) is 2.69. The van der Waals surface area contributed by atoms with E-state index in [0.717, 1.165) is 41.4 Å². The van der Waals surface area contributed by atoms with E-state index in [9.17, 15) is 4.79 Å². The van der Waals surface area contributed by atoms with Gasteiger partial charge in [-0.15, -0.1) is 0 Å². The molecule has 3 rings (SSSR count). The summed E-state index contributed by atoms with van der Waals surface area (Å²) < 4.78 is 5.71. The highest BCUT2D eigenvalue weighted by Crippen LogP contribution is 2.24. The van der Waals surface area contributed by atoms with Crippen LogP contribution in [0.15, 0.2) is 42.5 Å². The largest absolute Gasteiger partial charge is 0.483 e. The van der Waals surface area contributed by atoms with Gasteiger partial charge in [-0.2, -0.15) is 0 Å². The lowest BCUT2D eigenvalue weighted by Gasteiger charge is -2.33. The lowest BCUT2D eigenvalue weighted by molar-refractivity contribution is -0.123. The van der Waals surface area contributed by atoms with Crippen molar-refractivity contribution in [1.29, 1.82) is 0 Å². The third kappa shape index (κ3) is 5.28. The summed E-state index contributed by atoms with van der Waals surface area (Å²) in [5.74, 6) is 1.41. The Morgan fingerprint density at radius 2 is 1.96 bits per heavy atom. The zero-order valence-corrected chi connectivity index (χ0v) is 17.5. The van der Waals surface area contributed by atoms with Crippen LogP contribution in [0, 0.1) is 19.8 Å². The van der Waals surface area contributed by atoms with Crippen LogP contribution in [-0.2, 0) is 4.79 Å². The fraction of sp³-hybridized carbons (Fsp3) is 0.458. The predicted octanol–water partition coefficient (Wildman–Crippen LogP) is 4.80. The molecule has 0 radical (unpaired) electrons. The van der Waals surface area contributed by atoms with E-state index < -0.39 is 0 Å². The third-order valence-electron chi connectivity index (χ3n) is 5.50. The molecule has 28 heavy (non-hydrogen) atoms. The number of carbonyl (C=O) groups is 1. The van der Waals surface area contributed by atoms with E-state index in [4.69, 9.17) is 4.74 Å². The van der Waals surface area contributed by atoms with Crippen molar-refractivity contribution in [2.24, 2.45) is 5.92 Å². The summed E-state index contributed by atoms with van der Waals surface area (Å²) >= 11 is 0. The summed E-state index contributed by atoms with van der Waals surface area (Å²) in [4.78, 5) is 14.8.